The van der Waals surface area contributed by atoms with Crippen molar-refractivity contribution in [3.8, 4) is 11.4 Å². The summed E-state index contributed by atoms with van der Waals surface area (Å²) in [6, 6.07) is 7.86. The average Bonchev–Trinajstić information content (AvgIpc) is 3.34. The van der Waals surface area contributed by atoms with E-state index in [2.05, 4.69) is 30.4 Å². The lowest BCUT2D eigenvalue weighted by molar-refractivity contribution is 0.284. The Kier molecular flexibility index (Phi) is 5.48. The van der Waals surface area contributed by atoms with Crippen LogP contribution < -0.4 is 9.64 Å². The summed E-state index contributed by atoms with van der Waals surface area (Å²) in [5, 5.41) is 11.8. The number of tetrazole rings is 1. The predicted octanol–water partition coefficient (Wildman–Crippen LogP) is 3.43. The summed E-state index contributed by atoms with van der Waals surface area (Å²) in [7, 11) is 0. The molecule has 156 valence electrons. The molecule has 1 saturated heterocycles. The van der Waals surface area contributed by atoms with E-state index in [-0.39, 0.29) is 0 Å². The van der Waals surface area contributed by atoms with Gasteiger partial charge in [-0.2, -0.15) is 0 Å². The Morgan fingerprint density at radius 2 is 1.83 bits per heavy atom. The van der Waals surface area contributed by atoms with Crippen molar-refractivity contribution in [2.75, 3.05) is 24.6 Å². The Morgan fingerprint density at radius 1 is 1.07 bits per heavy atom. The zero-order chi connectivity index (χ0) is 20.3. The lowest BCUT2D eigenvalue weighted by Gasteiger charge is -2.32. The quantitative estimate of drug-likeness (QED) is 0.573. The van der Waals surface area contributed by atoms with Gasteiger partial charge in [-0.1, -0.05) is 11.6 Å². The molecule has 1 saturated carbocycles. The van der Waals surface area contributed by atoms with Gasteiger partial charge in [-0.3, -0.25) is 0 Å². The molecule has 2 atom stereocenters. The first-order valence-electron chi connectivity index (χ1n) is 10.4. The molecule has 2 aliphatic rings. The third-order valence-corrected chi connectivity index (χ3v) is 6.41. The van der Waals surface area contributed by atoms with Crippen molar-refractivity contribution in [2.24, 2.45) is 17.8 Å². The van der Waals surface area contributed by atoms with Gasteiger partial charge in [0.1, 0.15) is 12.1 Å². The standard InChI is InChI=1S/C21H24ClN7O/c22-17-12-23-21(24-13-17)28-8-5-15(6-9-28)20-11-16(20)7-10-30-19-3-1-18(2-4-19)29-14-25-26-27-29/h1-4,12-16,20H,5-11H2. The average molecular weight is 426 g/mol. The minimum atomic E-state index is 0.583. The molecule has 3 aromatic rings. The number of halogens is 1. The fourth-order valence-electron chi connectivity index (χ4n) is 4.48. The van der Waals surface area contributed by atoms with E-state index >= 15 is 0 Å². The molecule has 2 fully saturated rings. The molecular formula is C21H24ClN7O. The van der Waals surface area contributed by atoms with Crippen LogP contribution in [0, 0.1) is 17.8 Å². The second-order valence-corrected chi connectivity index (χ2v) is 8.51. The Balaban J connectivity index is 1.03. The van der Waals surface area contributed by atoms with Crippen LogP contribution in [0.15, 0.2) is 43.0 Å². The fourth-order valence-corrected chi connectivity index (χ4v) is 4.58. The highest BCUT2D eigenvalue weighted by Gasteiger charge is 2.43. The van der Waals surface area contributed by atoms with Gasteiger partial charge in [0.2, 0.25) is 5.95 Å². The maximum Gasteiger partial charge on any atom is 0.225 e. The summed E-state index contributed by atoms with van der Waals surface area (Å²) in [6.07, 6.45) is 9.82. The summed E-state index contributed by atoms with van der Waals surface area (Å²) < 4.78 is 7.58. The number of piperidine rings is 1. The van der Waals surface area contributed by atoms with E-state index < -0.39 is 0 Å². The lowest BCUT2D eigenvalue weighted by Crippen LogP contribution is -2.35. The Bertz CT molecular complexity index is 941. The van der Waals surface area contributed by atoms with Crippen LogP contribution in [0.5, 0.6) is 5.75 Å². The van der Waals surface area contributed by atoms with Crippen molar-refractivity contribution >= 4 is 17.5 Å². The Hall–Kier alpha value is -2.74. The molecule has 30 heavy (non-hydrogen) atoms. The number of ether oxygens (including phenoxy) is 1. The smallest absolute Gasteiger partial charge is 0.225 e. The van der Waals surface area contributed by atoms with E-state index in [1.165, 1.54) is 19.3 Å². The molecule has 2 aromatic heterocycles. The molecule has 3 heterocycles. The summed E-state index contributed by atoms with van der Waals surface area (Å²) >= 11 is 5.89. The van der Waals surface area contributed by atoms with Crippen molar-refractivity contribution < 1.29 is 4.74 Å². The van der Waals surface area contributed by atoms with Crippen LogP contribution in [0.3, 0.4) is 0 Å². The van der Waals surface area contributed by atoms with E-state index in [0.29, 0.717) is 5.02 Å². The minimum absolute atomic E-state index is 0.583. The first-order chi connectivity index (χ1) is 14.8. The number of hydrogen-bond donors (Lipinski definition) is 0. The van der Waals surface area contributed by atoms with Crippen molar-refractivity contribution in [3.05, 3.63) is 48.0 Å². The molecule has 0 bridgehead atoms. The highest BCUT2D eigenvalue weighted by atomic mass is 35.5. The molecule has 1 aliphatic carbocycles. The molecule has 1 aliphatic heterocycles. The molecular weight excluding hydrogens is 402 g/mol. The van der Waals surface area contributed by atoms with Crippen LogP contribution in [0.1, 0.15) is 25.7 Å². The van der Waals surface area contributed by atoms with Gasteiger partial charge < -0.3 is 9.64 Å². The number of rotatable bonds is 7. The molecule has 0 radical (unpaired) electrons. The Morgan fingerprint density at radius 3 is 2.53 bits per heavy atom. The van der Waals surface area contributed by atoms with Crippen molar-refractivity contribution in [1.82, 2.24) is 30.2 Å². The van der Waals surface area contributed by atoms with E-state index in [9.17, 15) is 0 Å². The number of nitrogens with zero attached hydrogens (tertiary/aromatic N) is 7. The first kappa shape index (κ1) is 19.2. The number of benzene rings is 1. The zero-order valence-electron chi connectivity index (χ0n) is 16.6. The third kappa shape index (κ3) is 4.38. The maximum absolute atomic E-state index is 5.95. The summed E-state index contributed by atoms with van der Waals surface area (Å²) in [5.74, 6) is 4.15. The van der Waals surface area contributed by atoms with E-state index in [0.717, 1.165) is 61.3 Å². The van der Waals surface area contributed by atoms with Crippen LogP contribution >= 0.6 is 11.6 Å². The molecule has 0 N–H and O–H groups in total. The topological polar surface area (TPSA) is 81.9 Å². The highest BCUT2D eigenvalue weighted by Crippen LogP contribution is 2.49. The van der Waals surface area contributed by atoms with Gasteiger partial charge in [0.05, 0.1) is 29.7 Å². The van der Waals surface area contributed by atoms with Gasteiger partial charge in [0, 0.05) is 13.1 Å². The minimum Gasteiger partial charge on any atom is -0.494 e. The zero-order valence-corrected chi connectivity index (χ0v) is 17.4. The maximum atomic E-state index is 5.95. The molecule has 2 unspecified atom stereocenters. The summed E-state index contributed by atoms with van der Waals surface area (Å²) in [6.45, 7) is 2.82. The monoisotopic (exact) mass is 425 g/mol. The Labute approximate surface area is 180 Å². The number of anilines is 1. The van der Waals surface area contributed by atoms with Gasteiger partial charge in [0.15, 0.2) is 0 Å². The number of aromatic nitrogens is 6. The van der Waals surface area contributed by atoms with Crippen LogP contribution in [0.2, 0.25) is 5.02 Å². The molecule has 1 aromatic carbocycles. The van der Waals surface area contributed by atoms with Crippen molar-refractivity contribution in [1.29, 1.82) is 0 Å². The normalized spacial score (nSPS) is 21.6. The van der Waals surface area contributed by atoms with Crippen LogP contribution in [0.25, 0.3) is 5.69 Å². The third-order valence-electron chi connectivity index (χ3n) is 6.22. The lowest BCUT2D eigenvalue weighted by atomic mass is 9.90. The van der Waals surface area contributed by atoms with Crippen LogP contribution in [-0.4, -0.2) is 49.9 Å². The van der Waals surface area contributed by atoms with E-state index in [1.54, 1.807) is 23.4 Å². The van der Waals surface area contributed by atoms with Gasteiger partial charge in [-0.05, 0) is 78.1 Å². The predicted molar refractivity (Wildman–Crippen MR) is 113 cm³/mol. The van der Waals surface area contributed by atoms with Crippen LogP contribution in [0.4, 0.5) is 5.95 Å². The second kappa shape index (κ2) is 8.55. The largest absolute Gasteiger partial charge is 0.494 e. The molecule has 9 heteroatoms. The molecule has 0 amide bonds. The van der Waals surface area contributed by atoms with E-state index in [1.807, 2.05) is 24.3 Å². The van der Waals surface area contributed by atoms with Crippen molar-refractivity contribution in [2.45, 2.75) is 25.7 Å². The van der Waals surface area contributed by atoms with Gasteiger partial charge >= 0.3 is 0 Å². The SMILES string of the molecule is Clc1cnc(N2CCC(C3CC3CCOc3ccc(-n4cnnn4)cc3)CC2)nc1. The summed E-state index contributed by atoms with van der Waals surface area (Å²) in [5.41, 5.74) is 0.921. The molecule has 8 nitrogen and oxygen atoms in total. The van der Waals surface area contributed by atoms with E-state index in [4.69, 9.17) is 16.3 Å². The van der Waals surface area contributed by atoms with Gasteiger partial charge in [-0.25, -0.2) is 14.6 Å². The molecule has 5 rings (SSSR count). The first-order valence-corrected chi connectivity index (χ1v) is 10.8. The summed E-state index contributed by atoms with van der Waals surface area (Å²) in [4.78, 5) is 11.0. The fraction of sp³-hybridized carbons (Fsp3) is 0.476. The number of hydrogen-bond acceptors (Lipinski definition) is 7. The van der Waals surface area contributed by atoms with Crippen molar-refractivity contribution in [3.63, 3.8) is 0 Å². The van der Waals surface area contributed by atoms with Crippen LogP contribution in [-0.2, 0) is 0 Å². The second-order valence-electron chi connectivity index (χ2n) is 8.07. The molecule has 0 spiro atoms. The van der Waals surface area contributed by atoms with Gasteiger partial charge in [-0.15, -0.1) is 5.10 Å². The van der Waals surface area contributed by atoms with Gasteiger partial charge in [0.25, 0.3) is 0 Å². The highest BCUT2D eigenvalue weighted by molar-refractivity contribution is 6.30.